The molecule has 6 nitrogen and oxygen atoms in total. The van der Waals surface area contributed by atoms with E-state index in [-0.39, 0.29) is 17.2 Å². The summed E-state index contributed by atoms with van der Waals surface area (Å²) in [6.45, 7) is 6.26. The van der Waals surface area contributed by atoms with Gasteiger partial charge in [0.2, 0.25) is 5.91 Å². The van der Waals surface area contributed by atoms with E-state index in [0.717, 1.165) is 25.0 Å². The van der Waals surface area contributed by atoms with E-state index in [1.54, 1.807) is 23.1 Å². The second kappa shape index (κ2) is 6.55. The molecule has 1 aliphatic rings. The van der Waals surface area contributed by atoms with Gasteiger partial charge in [-0.3, -0.25) is 4.79 Å². The minimum absolute atomic E-state index is 0.00753. The highest BCUT2D eigenvalue weighted by Gasteiger charge is 2.24. The molecule has 0 fully saturated rings. The molecule has 3 rings (SSSR count). The molecule has 0 saturated carbocycles. The van der Waals surface area contributed by atoms with Crippen molar-refractivity contribution in [1.82, 2.24) is 19.7 Å². The van der Waals surface area contributed by atoms with Crippen LogP contribution in [0.5, 0.6) is 0 Å². The van der Waals surface area contributed by atoms with Gasteiger partial charge in [-0.25, -0.2) is 9.97 Å². The van der Waals surface area contributed by atoms with E-state index in [2.05, 4.69) is 53.3 Å². The van der Waals surface area contributed by atoms with E-state index in [1.165, 1.54) is 0 Å². The fourth-order valence-corrected chi connectivity index (χ4v) is 2.65. The summed E-state index contributed by atoms with van der Waals surface area (Å²) in [7, 11) is 0. The van der Waals surface area contributed by atoms with Gasteiger partial charge < -0.3 is 5.32 Å². The lowest BCUT2D eigenvalue weighted by molar-refractivity contribution is -0.120. The van der Waals surface area contributed by atoms with Crippen molar-refractivity contribution in [3.05, 3.63) is 42.4 Å². The molecule has 0 saturated heterocycles. The average molecular weight is 325 g/mol. The highest BCUT2D eigenvalue weighted by molar-refractivity contribution is 5.92. The van der Waals surface area contributed by atoms with Gasteiger partial charge in [0, 0.05) is 29.8 Å². The van der Waals surface area contributed by atoms with Crippen molar-refractivity contribution in [2.45, 2.75) is 45.4 Å². The summed E-state index contributed by atoms with van der Waals surface area (Å²) >= 11 is 0. The quantitative estimate of drug-likeness (QED) is 0.879. The normalized spacial score (nSPS) is 17.7. The molecule has 126 valence electrons. The average Bonchev–Trinajstić information content (AvgIpc) is 3.00. The third-order valence-electron chi connectivity index (χ3n) is 4.11. The van der Waals surface area contributed by atoms with Crippen molar-refractivity contribution in [2.75, 3.05) is 5.32 Å². The molecule has 0 aliphatic heterocycles. The SMILES string of the molecule is CC(C)(C)c1cc(NC(=O)C2CC=CCC2)n(-c2ncccn2)n1. The van der Waals surface area contributed by atoms with Gasteiger partial charge in [-0.15, -0.1) is 0 Å². The zero-order valence-corrected chi connectivity index (χ0v) is 14.4. The largest absolute Gasteiger partial charge is 0.310 e. The van der Waals surface area contributed by atoms with E-state index < -0.39 is 0 Å². The van der Waals surface area contributed by atoms with Crippen molar-refractivity contribution in [1.29, 1.82) is 0 Å². The fraction of sp³-hybridized carbons (Fsp3) is 0.444. The Labute approximate surface area is 142 Å². The third-order valence-corrected chi connectivity index (χ3v) is 4.11. The summed E-state index contributed by atoms with van der Waals surface area (Å²) in [6, 6.07) is 3.66. The van der Waals surface area contributed by atoms with Crippen LogP contribution in [0.2, 0.25) is 0 Å². The number of hydrogen-bond donors (Lipinski definition) is 1. The predicted octanol–water partition coefficient (Wildman–Crippen LogP) is 3.25. The van der Waals surface area contributed by atoms with E-state index in [0.29, 0.717) is 11.8 Å². The molecule has 1 N–H and O–H groups in total. The van der Waals surface area contributed by atoms with Gasteiger partial charge in [-0.2, -0.15) is 9.78 Å². The summed E-state index contributed by atoms with van der Waals surface area (Å²) in [4.78, 5) is 21.1. The maximum absolute atomic E-state index is 12.6. The van der Waals surface area contributed by atoms with E-state index in [9.17, 15) is 4.79 Å². The number of nitrogens with one attached hydrogen (secondary N) is 1. The number of anilines is 1. The number of carbonyl (C=O) groups excluding carboxylic acids is 1. The smallest absolute Gasteiger partial charge is 0.252 e. The second-order valence-corrected chi connectivity index (χ2v) is 7.10. The number of nitrogens with zero attached hydrogens (tertiary/aromatic N) is 4. The maximum atomic E-state index is 12.6. The van der Waals surface area contributed by atoms with Gasteiger partial charge in [0.25, 0.3) is 5.95 Å². The first-order chi connectivity index (χ1) is 11.4. The lowest BCUT2D eigenvalue weighted by Crippen LogP contribution is -2.25. The van der Waals surface area contributed by atoms with E-state index in [1.807, 2.05) is 6.07 Å². The lowest BCUT2D eigenvalue weighted by Gasteiger charge is -2.17. The summed E-state index contributed by atoms with van der Waals surface area (Å²) in [5.74, 6) is 1.10. The number of carbonyl (C=O) groups is 1. The Kier molecular flexibility index (Phi) is 4.46. The summed E-state index contributed by atoms with van der Waals surface area (Å²) < 4.78 is 1.61. The fourth-order valence-electron chi connectivity index (χ4n) is 2.65. The summed E-state index contributed by atoms with van der Waals surface area (Å²) in [6.07, 6.45) is 10.1. The van der Waals surface area contributed by atoms with Crippen LogP contribution in [0.4, 0.5) is 5.82 Å². The predicted molar refractivity (Wildman–Crippen MR) is 93.0 cm³/mol. The topological polar surface area (TPSA) is 72.7 Å². The monoisotopic (exact) mass is 325 g/mol. The second-order valence-electron chi connectivity index (χ2n) is 7.10. The molecule has 0 aromatic carbocycles. The van der Waals surface area contributed by atoms with Crippen LogP contribution in [-0.4, -0.2) is 25.7 Å². The Bertz CT molecular complexity index is 743. The highest BCUT2D eigenvalue weighted by Crippen LogP contribution is 2.26. The van der Waals surface area contributed by atoms with Crippen LogP contribution in [0.3, 0.4) is 0 Å². The van der Waals surface area contributed by atoms with E-state index in [4.69, 9.17) is 0 Å². The Morgan fingerprint density at radius 2 is 2.00 bits per heavy atom. The number of rotatable bonds is 3. The standard InChI is InChI=1S/C18H23N5O/c1-18(2,3)14-12-15(21-16(24)13-8-5-4-6-9-13)23(22-14)17-19-10-7-11-20-17/h4-5,7,10-13H,6,8-9H2,1-3H3,(H,21,24). The van der Waals surface area contributed by atoms with Crippen LogP contribution in [0.25, 0.3) is 5.95 Å². The summed E-state index contributed by atoms with van der Waals surface area (Å²) in [5.41, 5.74) is 0.751. The zero-order valence-electron chi connectivity index (χ0n) is 14.4. The van der Waals surface area contributed by atoms with Gasteiger partial charge in [0.1, 0.15) is 5.82 Å². The molecule has 1 amide bonds. The minimum Gasteiger partial charge on any atom is -0.310 e. The van der Waals surface area contributed by atoms with E-state index >= 15 is 0 Å². The van der Waals surface area contributed by atoms with Gasteiger partial charge in [0.05, 0.1) is 5.69 Å². The van der Waals surface area contributed by atoms with Gasteiger partial charge in [-0.05, 0) is 25.3 Å². The zero-order chi connectivity index (χ0) is 17.2. The van der Waals surface area contributed by atoms with Crippen LogP contribution < -0.4 is 5.32 Å². The molecule has 24 heavy (non-hydrogen) atoms. The molecule has 2 heterocycles. The van der Waals surface area contributed by atoms with Crippen molar-refractivity contribution >= 4 is 11.7 Å². The third kappa shape index (κ3) is 3.53. The minimum atomic E-state index is -0.132. The molecule has 0 spiro atoms. The Balaban J connectivity index is 1.92. The molecular formula is C18H23N5O. The first-order valence-electron chi connectivity index (χ1n) is 8.29. The molecule has 2 aromatic heterocycles. The Morgan fingerprint density at radius 1 is 1.25 bits per heavy atom. The van der Waals surface area contributed by atoms with Gasteiger partial charge in [0.15, 0.2) is 0 Å². The van der Waals surface area contributed by atoms with Crippen LogP contribution in [0, 0.1) is 5.92 Å². The number of amides is 1. The van der Waals surface area contributed by atoms with Crippen molar-refractivity contribution < 1.29 is 4.79 Å². The number of aromatic nitrogens is 4. The maximum Gasteiger partial charge on any atom is 0.252 e. The first kappa shape index (κ1) is 16.4. The number of allylic oxidation sites excluding steroid dienone is 2. The Hall–Kier alpha value is -2.50. The summed E-state index contributed by atoms with van der Waals surface area (Å²) in [5, 5.41) is 7.63. The van der Waals surface area contributed by atoms with Crippen LogP contribution in [0.15, 0.2) is 36.7 Å². The van der Waals surface area contributed by atoms with Crippen LogP contribution in [-0.2, 0) is 10.2 Å². The molecule has 2 aromatic rings. The molecule has 1 aliphatic carbocycles. The number of hydrogen-bond acceptors (Lipinski definition) is 4. The molecule has 0 bridgehead atoms. The lowest BCUT2D eigenvalue weighted by atomic mass is 9.92. The van der Waals surface area contributed by atoms with Crippen molar-refractivity contribution in [3.63, 3.8) is 0 Å². The van der Waals surface area contributed by atoms with Gasteiger partial charge >= 0.3 is 0 Å². The van der Waals surface area contributed by atoms with Crippen LogP contribution >= 0.6 is 0 Å². The first-order valence-corrected chi connectivity index (χ1v) is 8.29. The van der Waals surface area contributed by atoms with Crippen LogP contribution in [0.1, 0.15) is 45.7 Å². The molecule has 0 radical (unpaired) electrons. The Morgan fingerprint density at radius 3 is 2.62 bits per heavy atom. The molecule has 6 heteroatoms. The molecular weight excluding hydrogens is 302 g/mol. The van der Waals surface area contributed by atoms with Crippen molar-refractivity contribution in [2.24, 2.45) is 5.92 Å². The molecule has 1 unspecified atom stereocenters. The van der Waals surface area contributed by atoms with Crippen molar-refractivity contribution in [3.8, 4) is 5.95 Å². The molecule has 1 atom stereocenters. The van der Waals surface area contributed by atoms with Gasteiger partial charge in [-0.1, -0.05) is 32.9 Å². The highest BCUT2D eigenvalue weighted by atomic mass is 16.2.